The lowest BCUT2D eigenvalue weighted by Crippen LogP contribution is -2.07. The molecule has 7 heteroatoms. The number of hydrogen-bond donors (Lipinski definition) is 0. The third-order valence-corrected chi connectivity index (χ3v) is 4.63. The van der Waals surface area contributed by atoms with E-state index in [1.165, 1.54) is 0 Å². The zero-order chi connectivity index (χ0) is 22.3. The maximum absolute atomic E-state index is 12.5. The van der Waals surface area contributed by atoms with Crippen molar-refractivity contribution in [3.8, 4) is 22.9 Å². The maximum Gasteiger partial charge on any atom is 0.338 e. The molecular weight excluding hydrogens is 408 g/mol. The fraction of sp³-hybridized carbons (Fsp3) is 0.120. The number of aromatic nitrogens is 2. The van der Waals surface area contributed by atoms with E-state index in [0.717, 1.165) is 11.1 Å². The Hall–Kier alpha value is -4.26. The van der Waals surface area contributed by atoms with Crippen LogP contribution >= 0.6 is 0 Å². The number of carbonyl (C=O) groups excluding carboxylic acids is 2. The van der Waals surface area contributed by atoms with Crippen LogP contribution in [-0.2, 0) is 16.1 Å². The Balaban J connectivity index is 1.42. The molecule has 7 nitrogen and oxygen atoms in total. The fourth-order valence-corrected chi connectivity index (χ4v) is 3.00. The summed E-state index contributed by atoms with van der Waals surface area (Å²) < 4.78 is 16.1. The third-order valence-electron chi connectivity index (χ3n) is 4.63. The molecule has 0 aliphatic carbocycles. The van der Waals surface area contributed by atoms with Crippen molar-refractivity contribution in [1.29, 1.82) is 0 Å². The number of ether oxygens (including phenoxy) is 2. The number of carbonyl (C=O) groups is 2. The highest BCUT2D eigenvalue weighted by atomic mass is 16.5. The Bertz CT molecular complexity index is 1220. The van der Waals surface area contributed by atoms with Gasteiger partial charge in [-0.3, -0.25) is 0 Å². The third kappa shape index (κ3) is 4.89. The highest BCUT2D eigenvalue weighted by Gasteiger charge is 2.14. The van der Waals surface area contributed by atoms with Crippen molar-refractivity contribution in [2.75, 3.05) is 6.61 Å². The van der Waals surface area contributed by atoms with Gasteiger partial charge in [-0.2, -0.15) is 0 Å². The lowest BCUT2D eigenvalue weighted by Gasteiger charge is -2.07. The number of benzene rings is 3. The molecule has 0 unspecified atom stereocenters. The Morgan fingerprint density at radius 1 is 0.750 bits per heavy atom. The molecular formula is C25H20N2O5. The fourth-order valence-electron chi connectivity index (χ4n) is 3.00. The first-order valence-electron chi connectivity index (χ1n) is 10.1. The molecule has 0 aliphatic heterocycles. The molecule has 1 aromatic heterocycles. The van der Waals surface area contributed by atoms with Gasteiger partial charge in [-0.15, -0.1) is 10.2 Å². The summed E-state index contributed by atoms with van der Waals surface area (Å²) in [6.07, 6.45) is 0. The van der Waals surface area contributed by atoms with Gasteiger partial charge in [0, 0.05) is 11.1 Å². The van der Waals surface area contributed by atoms with Gasteiger partial charge in [-0.05, 0) is 55.0 Å². The molecule has 0 amide bonds. The predicted molar refractivity (Wildman–Crippen MR) is 117 cm³/mol. The van der Waals surface area contributed by atoms with Gasteiger partial charge in [0.2, 0.25) is 11.8 Å². The molecule has 0 bridgehead atoms. The van der Waals surface area contributed by atoms with Crippen molar-refractivity contribution >= 4 is 11.9 Å². The summed E-state index contributed by atoms with van der Waals surface area (Å²) in [5.41, 5.74) is 3.00. The highest BCUT2D eigenvalue weighted by molar-refractivity contribution is 5.91. The van der Waals surface area contributed by atoms with Gasteiger partial charge in [-0.25, -0.2) is 9.59 Å². The topological polar surface area (TPSA) is 91.5 Å². The molecule has 0 saturated heterocycles. The van der Waals surface area contributed by atoms with E-state index in [1.807, 2.05) is 30.3 Å². The van der Waals surface area contributed by atoms with Crippen molar-refractivity contribution < 1.29 is 23.5 Å². The van der Waals surface area contributed by atoms with Crippen LogP contribution in [0.15, 0.2) is 83.3 Å². The van der Waals surface area contributed by atoms with Crippen molar-refractivity contribution in [1.82, 2.24) is 10.2 Å². The SMILES string of the molecule is CCOC(=O)c1ccc(COC(=O)c2cccc(-c3nnc(-c4ccccc4)o3)c2)cc1. The molecule has 32 heavy (non-hydrogen) atoms. The summed E-state index contributed by atoms with van der Waals surface area (Å²) in [5.74, 6) is -0.152. The van der Waals surface area contributed by atoms with Crippen LogP contribution in [0.4, 0.5) is 0 Å². The van der Waals surface area contributed by atoms with E-state index in [4.69, 9.17) is 13.9 Å². The normalized spacial score (nSPS) is 10.5. The van der Waals surface area contributed by atoms with Gasteiger partial charge in [-0.1, -0.05) is 36.4 Å². The summed E-state index contributed by atoms with van der Waals surface area (Å²) in [6.45, 7) is 2.14. The van der Waals surface area contributed by atoms with E-state index in [9.17, 15) is 9.59 Å². The van der Waals surface area contributed by atoms with Crippen molar-refractivity contribution in [2.24, 2.45) is 0 Å². The van der Waals surface area contributed by atoms with E-state index in [1.54, 1.807) is 55.5 Å². The minimum atomic E-state index is -0.482. The van der Waals surface area contributed by atoms with Gasteiger partial charge < -0.3 is 13.9 Å². The highest BCUT2D eigenvalue weighted by Crippen LogP contribution is 2.24. The summed E-state index contributed by atoms with van der Waals surface area (Å²) >= 11 is 0. The first-order valence-corrected chi connectivity index (χ1v) is 10.1. The quantitative estimate of drug-likeness (QED) is 0.385. The molecule has 0 aliphatic rings. The van der Waals surface area contributed by atoms with Gasteiger partial charge in [0.05, 0.1) is 17.7 Å². The molecule has 1 heterocycles. The number of hydrogen-bond acceptors (Lipinski definition) is 7. The Kier molecular flexibility index (Phi) is 6.36. The molecule has 0 radical (unpaired) electrons. The van der Waals surface area contributed by atoms with Crippen LogP contribution in [0.1, 0.15) is 33.2 Å². The standard InChI is InChI=1S/C25H20N2O5/c1-2-30-24(28)19-13-11-17(12-14-19)16-31-25(29)21-10-6-9-20(15-21)23-27-26-22(32-23)18-7-4-3-5-8-18/h3-15H,2,16H2,1H3. The second-order valence-corrected chi connectivity index (χ2v) is 6.85. The number of rotatable bonds is 7. The van der Waals surface area contributed by atoms with Crippen molar-refractivity contribution in [2.45, 2.75) is 13.5 Å². The van der Waals surface area contributed by atoms with Gasteiger partial charge in [0.15, 0.2) is 0 Å². The minimum Gasteiger partial charge on any atom is -0.462 e. The smallest absolute Gasteiger partial charge is 0.338 e. The monoisotopic (exact) mass is 428 g/mol. The second kappa shape index (κ2) is 9.70. The first-order chi connectivity index (χ1) is 15.6. The summed E-state index contributed by atoms with van der Waals surface area (Å²) in [5, 5.41) is 8.16. The lowest BCUT2D eigenvalue weighted by atomic mass is 10.1. The van der Waals surface area contributed by atoms with E-state index < -0.39 is 5.97 Å². The molecule has 0 saturated carbocycles. The Morgan fingerprint density at radius 2 is 1.41 bits per heavy atom. The van der Waals surface area contributed by atoms with Crippen LogP contribution in [0.3, 0.4) is 0 Å². The largest absolute Gasteiger partial charge is 0.462 e. The Labute approximate surface area is 184 Å². The van der Waals surface area contributed by atoms with E-state index in [-0.39, 0.29) is 12.6 Å². The molecule has 4 aromatic rings. The minimum absolute atomic E-state index is 0.0743. The van der Waals surface area contributed by atoms with Crippen LogP contribution in [0, 0.1) is 0 Å². The predicted octanol–water partition coefficient (Wildman–Crippen LogP) is 4.94. The van der Waals surface area contributed by atoms with Gasteiger partial charge in [0.1, 0.15) is 6.61 Å². The number of nitrogens with zero attached hydrogens (tertiary/aromatic N) is 2. The summed E-state index contributed by atoms with van der Waals surface area (Å²) in [7, 11) is 0. The molecule has 0 N–H and O–H groups in total. The van der Waals surface area contributed by atoms with Crippen molar-refractivity contribution in [3.63, 3.8) is 0 Å². The zero-order valence-corrected chi connectivity index (χ0v) is 17.4. The van der Waals surface area contributed by atoms with E-state index >= 15 is 0 Å². The average Bonchev–Trinajstić information content (AvgIpc) is 3.34. The molecule has 3 aromatic carbocycles. The summed E-state index contributed by atoms with van der Waals surface area (Å²) in [6, 6.07) is 23.0. The first kappa shape index (κ1) is 21.0. The molecule has 0 fully saturated rings. The molecule has 0 spiro atoms. The Morgan fingerprint density at radius 3 is 2.12 bits per heavy atom. The molecule has 160 valence electrons. The molecule has 4 rings (SSSR count). The zero-order valence-electron chi connectivity index (χ0n) is 17.4. The van der Waals surface area contributed by atoms with Crippen LogP contribution in [-0.4, -0.2) is 28.7 Å². The molecule has 0 atom stereocenters. The van der Waals surface area contributed by atoms with Crippen molar-refractivity contribution in [3.05, 3.63) is 95.6 Å². The lowest BCUT2D eigenvalue weighted by molar-refractivity contribution is 0.0469. The maximum atomic E-state index is 12.5. The van der Waals surface area contributed by atoms with Crippen LogP contribution in [0.25, 0.3) is 22.9 Å². The van der Waals surface area contributed by atoms with Crippen LogP contribution < -0.4 is 0 Å². The van der Waals surface area contributed by atoms with Gasteiger partial charge >= 0.3 is 11.9 Å². The second-order valence-electron chi connectivity index (χ2n) is 6.85. The average molecular weight is 428 g/mol. The van der Waals surface area contributed by atoms with E-state index in [0.29, 0.717) is 35.1 Å². The van der Waals surface area contributed by atoms with Crippen LogP contribution in [0.2, 0.25) is 0 Å². The summed E-state index contributed by atoms with van der Waals surface area (Å²) in [4.78, 5) is 24.2. The van der Waals surface area contributed by atoms with E-state index in [2.05, 4.69) is 10.2 Å². The van der Waals surface area contributed by atoms with Gasteiger partial charge in [0.25, 0.3) is 0 Å². The number of esters is 2. The van der Waals surface area contributed by atoms with Crippen LogP contribution in [0.5, 0.6) is 0 Å².